The number of carboxylic acids is 1. The van der Waals surface area contributed by atoms with Crippen LogP contribution in [-0.4, -0.2) is 34.2 Å². The molecule has 0 aromatic carbocycles. The summed E-state index contributed by atoms with van der Waals surface area (Å²) in [6, 6.07) is 0. The van der Waals surface area contributed by atoms with E-state index < -0.39 is 17.5 Å². The van der Waals surface area contributed by atoms with Crippen LogP contribution in [0.15, 0.2) is 0 Å². The molecule has 4 rings (SSSR count). The summed E-state index contributed by atoms with van der Waals surface area (Å²) in [6.07, 6.45) is 5.55. The van der Waals surface area contributed by atoms with Crippen LogP contribution in [0.4, 0.5) is 0 Å². The quantitative estimate of drug-likeness (QED) is 0.579. The van der Waals surface area contributed by atoms with E-state index in [4.69, 9.17) is 0 Å². The molecule has 2 N–H and O–H groups in total. The molecule has 0 saturated heterocycles. The Labute approximate surface area is 202 Å². The maximum absolute atomic E-state index is 13.6. The molecule has 0 radical (unpaired) electrons. The number of rotatable bonds is 4. The molecule has 0 aliphatic heterocycles. The number of aliphatic carboxylic acids is 1. The van der Waals surface area contributed by atoms with Crippen LogP contribution in [0.3, 0.4) is 0 Å². The molecule has 0 aromatic rings. The Morgan fingerprint density at radius 1 is 1.17 bits per heavy atom. The molecule has 0 bridgehead atoms. The normalized spacial score (nSPS) is 48.7. The zero-order valence-electron chi connectivity index (χ0n) is 19.1. The molecular weight excluding hydrogens is 391 g/mol. The van der Waals surface area contributed by atoms with Gasteiger partial charge in [-0.2, -0.15) is 0 Å². The van der Waals surface area contributed by atoms with E-state index in [9.17, 15) is 24.9 Å². The Morgan fingerprint density at radius 3 is 2.53 bits per heavy atom. The molecule has 4 aliphatic rings. The van der Waals surface area contributed by atoms with E-state index in [1.807, 2.05) is 0 Å². The number of Topliss-reactive ketones (excluding diaryl/α,β-unsaturated/α-hetero) is 1. The van der Waals surface area contributed by atoms with Gasteiger partial charge in [-0.3, -0.25) is 4.79 Å². The minimum absolute atomic E-state index is 0. The standard InChI is InChI=1S/C24H38O5.Na/c1-13(4-7-21(28)29)16-5-6-17-22-18(12-20(27)24(16,17)3)23(2)9-8-15(25)10-14(23)11-19(22)26;/h13-19,22,25-26H,4-12H2,1-3H3,(H,28,29);/q;+1/p-1/t13-,14+,15?,16-,17+,18+,19?,22+,23+,24-;/m1./s1. The molecule has 0 spiro atoms. The van der Waals surface area contributed by atoms with Crippen LogP contribution in [0, 0.1) is 46.3 Å². The predicted octanol–water partition coefficient (Wildman–Crippen LogP) is -0.674. The Morgan fingerprint density at radius 2 is 1.87 bits per heavy atom. The zero-order chi connectivity index (χ0) is 21.1. The minimum atomic E-state index is -1.02. The van der Waals surface area contributed by atoms with Gasteiger partial charge < -0.3 is 20.1 Å². The smallest absolute Gasteiger partial charge is 0.550 e. The predicted molar refractivity (Wildman–Crippen MR) is 106 cm³/mol. The van der Waals surface area contributed by atoms with Crippen molar-refractivity contribution in [1.29, 1.82) is 0 Å². The summed E-state index contributed by atoms with van der Waals surface area (Å²) in [4.78, 5) is 24.6. The second-order valence-electron chi connectivity index (χ2n) is 11.2. The average Bonchev–Trinajstić information content (AvgIpc) is 3.01. The zero-order valence-corrected chi connectivity index (χ0v) is 21.1. The molecule has 0 aromatic heterocycles. The van der Waals surface area contributed by atoms with Crippen molar-refractivity contribution in [2.24, 2.45) is 46.3 Å². The van der Waals surface area contributed by atoms with Gasteiger partial charge in [-0.15, -0.1) is 0 Å². The first-order valence-corrected chi connectivity index (χ1v) is 11.7. The monoisotopic (exact) mass is 428 g/mol. The molecule has 4 saturated carbocycles. The molecule has 30 heavy (non-hydrogen) atoms. The maximum Gasteiger partial charge on any atom is 1.00 e. The summed E-state index contributed by atoms with van der Waals surface area (Å²) >= 11 is 0. The van der Waals surface area contributed by atoms with Gasteiger partial charge in [0.1, 0.15) is 5.78 Å². The van der Waals surface area contributed by atoms with E-state index >= 15 is 0 Å². The first-order valence-electron chi connectivity index (χ1n) is 11.7. The van der Waals surface area contributed by atoms with Crippen molar-refractivity contribution in [2.75, 3.05) is 0 Å². The molecule has 10 atom stereocenters. The number of hydrogen-bond donors (Lipinski definition) is 2. The van der Waals surface area contributed by atoms with Crippen molar-refractivity contribution in [3.63, 3.8) is 0 Å². The number of carbonyl (C=O) groups excluding carboxylic acids is 2. The van der Waals surface area contributed by atoms with E-state index in [1.165, 1.54) is 0 Å². The van der Waals surface area contributed by atoms with Crippen molar-refractivity contribution in [3.8, 4) is 0 Å². The Kier molecular flexibility index (Phi) is 7.23. The van der Waals surface area contributed by atoms with E-state index in [1.54, 1.807) is 0 Å². The fraction of sp³-hybridized carbons (Fsp3) is 0.917. The van der Waals surface area contributed by atoms with Gasteiger partial charge in [-0.25, -0.2) is 0 Å². The minimum Gasteiger partial charge on any atom is -0.550 e. The van der Waals surface area contributed by atoms with Gasteiger partial charge in [0.15, 0.2) is 0 Å². The fourth-order valence-corrected chi connectivity index (χ4v) is 8.41. The third-order valence-electron chi connectivity index (χ3n) is 10.1. The van der Waals surface area contributed by atoms with Gasteiger partial charge in [0.2, 0.25) is 0 Å². The number of fused-ring (bicyclic) bond motifs is 5. The first kappa shape index (κ1) is 24.7. The van der Waals surface area contributed by atoms with Crippen molar-refractivity contribution in [1.82, 2.24) is 0 Å². The molecule has 164 valence electrons. The molecule has 2 unspecified atom stereocenters. The van der Waals surface area contributed by atoms with Crippen molar-refractivity contribution in [3.05, 3.63) is 0 Å². The summed E-state index contributed by atoms with van der Waals surface area (Å²) in [5, 5.41) is 32.3. The number of hydrogen-bond acceptors (Lipinski definition) is 5. The summed E-state index contributed by atoms with van der Waals surface area (Å²) in [6.45, 7) is 6.49. The molecule has 0 heterocycles. The van der Waals surface area contributed by atoms with E-state index in [0.29, 0.717) is 24.5 Å². The summed E-state index contributed by atoms with van der Waals surface area (Å²) in [5.41, 5.74) is -0.427. The van der Waals surface area contributed by atoms with E-state index in [-0.39, 0.29) is 77.1 Å². The van der Waals surface area contributed by atoms with Crippen LogP contribution in [0.1, 0.15) is 78.6 Å². The number of carbonyl (C=O) groups is 2. The van der Waals surface area contributed by atoms with Crippen molar-refractivity contribution >= 4 is 11.8 Å². The number of aliphatic hydroxyl groups is 2. The largest absolute Gasteiger partial charge is 1.00 e. The Hall–Kier alpha value is 0.0600. The number of ketones is 1. The van der Waals surface area contributed by atoms with Crippen LogP contribution >= 0.6 is 0 Å². The van der Waals surface area contributed by atoms with Gasteiger partial charge in [0.05, 0.1) is 12.2 Å². The molecular formula is C24H37NaO5. The van der Waals surface area contributed by atoms with Gasteiger partial charge in [-0.05, 0) is 92.3 Å². The third-order valence-corrected chi connectivity index (χ3v) is 10.1. The number of aliphatic hydroxyl groups excluding tert-OH is 2. The van der Waals surface area contributed by atoms with Crippen LogP contribution < -0.4 is 34.7 Å². The molecule has 0 amide bonds. The average molecular weight is 429 g/mol. The van der Waals surface area contributed by atoms with Crippen LogP contribution in [0.2, 0.25) is 0 Å². The van der Waals surface area contributed by atoms with Crippen molar-refractivity contribution in [2.45, 2.75) is 90.8 Å². The molecule has 4 fully saturated rings. The maximum atomic E-state index is 13.6. The van der Waals surface area contributed by atoms with Crippen LogP contribution in [0.25, 0.3) is 0 Å². The molecule has 5 nitrogen and oxygen atoms in total. The second-order valence-corrected chi connectivity index (χ2v) is 11.2. The Bertz CT molecular complexity index is 683. The van der Waals surface area contributed by atoms with Gasteiger partial charge in [-0.1, -0.05) is 20.8 Å². The van der Waals surface area contributed by atoms with Crippen molar-refractivity contribution < 1.29 is 54.5 Å². The fourth-order valence-electron chi connectivity index (χ4n) is 8.41. The van der Waals surface area contributed by atoms with Gasteiger partial charge >= 0.3 is 29.6 Å². The number of carboxylic acid groups (broad SMARTS) is 1. The SMILES string of the molecule is C[C@H](CCC(=O)[O-])[C@H]1CC[C@H]2[C@@H]3C(O)C[C@@H]4CC(O)CC[C@]4(C)[C@H]3CC(=O)[C@]12C.[Na+]. The van der Waals surface area contributed by atoms with Crippen LogP contribution in [-0.2, 0) is 9.59 Å². The summed E-state index contributed by atoms with van der Waals surface area (Å²) in [5.74, 6) is 0.477. The van der Waals surface area contributed by atoms with Gasteiger partial charge in [0, 0.05) is 17.8 Å². The topological polar surface area (TPSA) is 97.7 Å². The van der Waals surface area contributed by atoms with E-state index in [2.05, 4.69) is 20.8 Å². The molecule has 6 heteroatoms. The first-order chi connectivity index (χ1) is 13.6. The van der Waals surface area contributed by atoms with Crippen LogP contribution in [0.5, 0.6) is 0 Å². The summed E-state index contributed by atoms with van der Waals surface area (Å²) < 4.78 is 0. The molecule has 4 aliphatic carbocycles. The third kappa shape index (κ3) is 3.75. The van der Waals surface area contributed by atoms with Gasteiger partial charge in [0.25, 0.3) is 0 Å². The summed E-state index contributed by atoms with van der Waals surface area (Å²) in [7, 11) is 0. The Balaban J connectivity index is 0.00000256. The van der Waals surface area contributed by atoms with E-state index in [0.717, 1.165) is 38.5 Å². The second kappa shape index (κ2) is 8.78.